The van der Waals surface area contributed by atoms with Gasteiger partial charge in [0.05, 0.1) is 0 Å². The van der Waals surface area contributed by atoms with Crippen molar-refractivity contribution in [2.24, 2.45) is 5.73 Å². The second kappa shape index (κ2) is 6.11. The van der Waals surface area contributed by atoms with Gasteiger partial charge in [-0.3, -0.25) is 0 Å². The molecular weight excluding hydrogens is 294 g/mol. The zero-order valence-corrected chi connectivity index (χ0v) is 13.9. The molecule has 1 aliphatic heterocycles. The Bertz CT molecular complexity index is 560. The van der Waals surface area contributed by atoms with Crippen molar-refractivity contribution in [1.29, 1.82) is 0 Å². The Labute approximate surface area is 125 Å². The van der Waals surface area contributed by atoms with Gasteiger partial charge in [0.1, 0.15) is 4.21 Å². The number of nitrogens with two attached hydrogens (primary N) is 1. The van der Waals surface area contributed by atoms with Gasteiger partial charge in [0.25, 0.3) is 10.0 Å². The van der Waals surface area contributed by atoms with Gasteiger partial charge in [-0.25, -0.2) is 8.42 Å². The zero-order valence-electron chi connectivity index (χ0n) is 12.3. The van der Waals surface area contributed by atoms with Gasteiger partial charge in [-0.2, -0.15) is 4.31 Å². The standard InChI is InChI=1S/C13H23N3O2S2/c1-10-8-13(19-12(10)9-14)20(17,18)16(3)11-4-6-15(2)7-5-11/h8,11H,4-7,9,14H2,1-3H3. The fourth-order valence-electron chi connectivity index (χ4n) is 2.52. The van der Waals surface area contributed by atoms with Crippen molar-refractivity contribution in [2.45, 2.75) is 36.6 Å². The van der Waals surface area contributed by atoms with Gasteiger partial charge in [-0.15, -0.1) is 11.3 Å². The van der Waals surface area contributed by atoms with Gasteiger partial charge in [-0.05, 0) is 51.5 Å². The smallest absolute Gasteiger partial charge is 0.252 e. The van der Waals surface area contributed by atoms with Crippen LogP contribution in [0.2, 0.25) is 0 Å². The van der Waals surface area contributed by atoms with Crippen LogP contribution < -0.4 is 5.73 Å². The Balaban J connectivity index is 2.20. The van der Waals surface area contributed by atoms with Gasteiger partial charge in [-0.1, -0.05) is 0 Å². The summed E-state index contributed by atoms with van der Waals surface area (Å²) in [5.74, 6) is 0. The lowest BCUT2D eigenvalue weighted by Crippen LogP contribution is -2.44. The number of hydrogen-bond acceptors (Lipinski definition) is 5. The Morgan fingerprint density at radius 1 is 1.45 bits per heavy atom. The van der Waals surface area contributed by atoms with Crippen molar-refractivity contribution in [1.82, 2.24) is 9.21 Å². The number of rotatable bonds is 4. The van der Waals surface area contributed by atoms with E-state index in [1.165, 1.54) is 11.3 Å². The number of hydrogen-bond donors (Lipinski definition) is 1. The van der Waals surface area contributed by atoms with E-state index >= 15 is 0 Å². The number of piperidine rings is 1. The average Bonchev–Trinajstić information content (AvgIpc) is 2.80. The Morgan fingerprint density at radius 3 is 2.55 bits per heavy atom. The SMILES string of the molecule is Cc1cc(S(=O)(=O)N(C)C2CCN(C)CC2)sc1CN. The molecule has 0 radical (unpaired) electrons. The van der Waals surface area contributed by atoms with Crippen molar-refractivity contribution < 1.29 is 8.42 Å². The molecule has 7 heteroatoms. The summed E-state index contributed by atoms with van der Waals surface area (Å²) < 4.78 is 27.3. The van der Waals surface area contributed by atoms with Crippen LogP contribution in [0.1, 0.15) is 23.3 Å². The highest BCUT2D eigenvalue weighted by Crippen LogP contribution is 2.30. The monoisotopic (exact) mass is 317 g/mol. The van der Waals surface area contributed by atoms with Gasteiger partial charge < -0.3 is 10.6 Å². The van der Waals surface area contributed by atoms with E-state index < -0.39 is 10.0 Å². The van der Waals surface area contributed by atoms with Crippen molar-refractivity contribution in [3.05, 3.63) is 16.5 Å². The summed E-state index contributed by atoms with van der Waals surface area (Å²) in [5.41, 5.74) is 6.60. The number of likely N-dealkylation sites (tertiary alicyclic amines) is 1. The first kappa shape index (κ1) is 15.9. The average molecular weight is 317 g/mol. The van der Waals surface area contributed by atoms with Crippen molar-refractivity contribution in [2.75, 3.05) is 27.2 Å². The molecular formula is C13H23N3O2S2. The first-order valence-electron chi connectivity index (χ1n) is 6.82. The maximum Gasteiger partial charge on any atom is 0.252 e. The van der Waals surface area contributed by atoms with E-state index in [1.54, 1.807) is 17.4 Å². The van der Waals surface area contributed by atoms with Crippen LogP contribution in [0.4, 0.5) is 0 Å². The molecule has 1 saturated heterocycles. The summed E-state index contributed by atoms with van der Waals surface area (Å²) in [6.07, 6.45) is 1.78. The molecule has 0 amide bonds. The summed E-state index contributed by atoms with van der Waals surface area (Å²) in [5, 5.41) is 0. The third-order valence-electron chi connectivity index (χ3n) is 4.02. The summed E-state index contributed by atoms with van der Waals surface area (Å²) in [6.45, 7) is 4.20. The Morgan fingerprint density at radius 2 is 2.05 bits per heavy atom. The van der Waals surface area contributed by atoms with E-state index in [9.17, 15) is 8.42 Å². The van der Waals surface area contributed by atoms with Gasteiger partial charge in [0.15, 0.2) is 0 Å². The molecule has 114 valence electrons. The molecule has 2 N–H and O–H groups in total. The van der Waals surface area contributed by atoms with Crippen molar-refractivity contribution in [3.63, 3.8) is 0 Å². The fourth-order valence-corrected chi connectivity index (χ4v) is 5.59. The first-order valence-corrected chi connectivity index (χ1v) is 9.08. The Hall–Kier alpha value is -0.470. The molecule has 2 heterocycles. The van der Waals surface area contributed by atoms with Crippen molar-refractivity contribution >= 4 is 21.4 Å². The molecule has 1 aromatic rings. The minimum Gasteiger partial charge on any atom is -0.326 e. The molecule has 0 bridgehead atoms. The van der Waals surface area contributed by atoms with Crippen LogP contribution in [0.15, 0.2) is 10.3 Å². The molecule has 1 aromatic heterocycles. The topological polar surface area (TPSA) is 66.6 Å². The van der Waals surface area contributed by atoms with Crippen LogP contribution in [-0.4, -0.2) is 50.8 Å². The van der Waals surface area contributed by atoms with E-state index in [4.69, 9.17) is 5.73 Å². The molecule has 0 aliphatic carbocycles. The van der Waals surface area contributed by atoms with Crippen LogP contribution in [0.3, 0.4) is 0 Å². The summed E-state index contributed by atoms with van der Waals surface area (Å²) >= 11 is 1.29. The zero-order chi connectivity index (χ0) is 14.9. The molecule has 0 aromatic carbocycles. The highest BCUT2D eigenvalue weighted by Gasteiger charge is 2.31. The van der Waals surface area contributed by atoms with E-state index in [0.29, 0.717) is 10.8 Å². The van der Waals surface area contributed by atoms with E-state index in [2.05, 4.69) is 11.9 Å². The lowest BCUT2D eigenvalue weighted by molar-refractivity contribution is 0.198. The lowest BCUT2D eigenvalue weighted by Gasteiger charge is -2.34. The molecule has 2 rings (SSSR count). The van der Waals surface area contributed by atoms with Gasteiger partial charge in [0, 0.05) is 24.5 Å². The number of sulfonamides is 1. The van der Waals surface area contributed by atoms with Crippen LogP contribution in [-0.2, 0) is 16.6 Å². The van der Waals surface area contributed by atoms with Crippen LogP contribution >= 0.6 is 11.3 Å². The summed E-state index contributed by atoms with van der Waals surface area (Å²) in [6, 6.07) is 1.84. The lowest BCUT2D eigenvalue weighted by atomic mass is 10.1. The third-order valence-corrected chi connectivity index (χ3v) is 7.64. The second-order valence-electron chi connectivity index (χ2n) is 5.43. The number of thiophene rings is 1. The maximum atomic E-state index is 12.7. The summed E-state index contributed by atoms with van der Waals surface area (Å²) in [7, 11) is 0.377. The maximum absolute atomic E-state index is 12.7. The highest BCUT2D eigenvalue weighted by molar-refractivity contribution is 7.91. The van der Waals surface area contributed by atoms with Crippen LogP contribution in [0.5, 0.6) is 0 Å². The highest BCUT2D eigenvalue weighted by atomic mass is 32.2. The molecule has 0 atom stereocenters. The predicted molar refractivity (Wildman–Crippen MR) is 82.4 cm³/mol. The van der Waals surface area contributed by atoms with Gasteiger partial charge in [0.2, 0.25) is 0 Å². The van der Waals surface area contributed by atoms with E-state index in [0.717, 1.165) is 36.4 Å². The molecule has 0 unspecified atom stereocenters. The first-order chi connectivity index (χ1) is 9.36. The van der Waals surface area contributed by atoms with Crippen molar-refractivity contribution in [3.8, 4) is 0 Å². The molecule has 0 saturated carbocycles. The van der Waals surface area contributed by atoms with E-state index in [-0.39, 0.29) is 6.04 Å². The minimum absolute atomic E-state index is 0.0972. The predicted octanol–water partition coefficient (Wildman–Crippen LogP) is 1.23. The molecule has 0 spiro atoms. The third kappa shape index (κ3) is 3.07. The second-order valence-corrected chi connectivity index (χ2v) is 8.79. The number of nitrogens with zero attached hydrogens (tertiary/aromatic N) is 2. The largest absolute Gasteiger partial charge is 0.326 e. The minimum atomic E-state index is -3.39. The fraction of sp³-hybridized carbons (Fsp3) is 0.692. The van der Waals surface area contributed by atoms with Gasteiger partial charge >= 0.3 is 0 Å². The molecule has 20 heavy (non-hydrogen) atoms. The number of aryl methyl sites for hydroxylation is 1. The van der Waals surface area contributed by atoms with Crippen LogP contribution in [0.25, 0.3) is 0 Å². The molecule has 1 fully saturated rings. The molecule has 1 aliphatic rings. The summed E-state index contributed by atoms with van der Waals surface area (Å²) in [4.78, 5) is 3.18. The Kier molecular flexibility index (Phi) is 4.86. The normalized spacial score (nSPS) is 18.9. The quantitative estimate of drug-likeness (QED) is 0.907. The van der Waals surface area contributed by atoms with Crippen LogP contribution in [0, 0.1) is 6.92 Å². The van der Waals surface area contributed by atoms with E-state index in [1.807, 2.05) is 6.92 Å². The molecule has 5 nitrogen and oxygen atoms in total.